The highest BCUT2D eigenvalue weighted by Gasteiger charge is 2.53. The first-order valence-corrected chi connectivity index (χ1v) is 13.5. The van der Waals surface area contributed by atoms with E-state index in [-0.39, 0.29) is 17.5 Å². The summed E-state index contributed by atoms with van der Waals surface area (Å²) in [6.45, 7) is 4.89. The molecule has 0 spiro atoms. The van der Waals surface area contributed by atoms with Gasteiger partial charge < -0.3 is 5.32 Å². The van der Waals surface area contributed by atoms with Crippen molar-refractivity contribution in [2.45, 2.75) is 84.2 Å². The molecule has 0 aromatic carbocycles. The minimum atomic E-state index is -0.00422. The van der Waals surface area contributed by atoms with Gasteiger partial charge in [0.05, 0.1) is 5.52 Å². The van der Waals surface area contributed by atoms with Gasteiger partial charge in [-0.2, -0.15) is 0 Å². The van der Waals surface area contributed by atoms with Gasteiger partial charge in [0, 0.05) is 25.4 Å². The molecule has 3 aromatic rings. The van der Waals surface area contributed by atoms with Crippen LogP contribution in [0.25, 0.3) is 16.0 Å². The number of rotatable bonds is 7. The summed E-state index contributed by atoms with van der Waals surface area (Å²) in [5, 5.41) is 14.0. The standard InChI is InChI=1S/C25H33N5O2S/c1-3-7-29-23(32)22-19(6-8-33-22)30-20(27-28-24(29)30)4-5-21(31)26-15(2)25-12-16-9-17(13-25)11-18(10-16)14-25/h6,8,15-18H,3-5,7,9-14H2,1-2H3,(H,26,31)/t15-,16?,17?,18?,25?/m1/s1. The fourth-order valence-corrected chi connectivity index (χ4v) is 8.39. The first-order chi connectivity index (χ1) is 16.0. The molecule has 8 heteroatoms. The van der Waals surface area contributed by atoms with Crippen molar-refractivity contribution in [1.29, 1.82) is 0 Å². The molecule has 4 aliphatic rings. The minimum absolute atomic E-state index is 0.00422. The Labute approximate surface area is 197 Å². The van der Waals surface area contributed by atoms with Crippen molar-refractivity contribution in [3.8, 4) is 0 Å². The summed E-state index contributed by atoms with van der Waals surface area (Å²) in [4.78, 5) is 25.9. The molecule has 1 amide bonds. The van der Waals surface area contributed by atoms with E-state index in [0.717, 1.165) is 40.2 Å². The van der Waals surface area contributed by atoms with Gasteiger partial charge in [-0.25, -0.2) is 0 Å². The number of carbonyl (C=O) groups is 1. The molecule has 1 N–H and O–H groups in total. The SMILES string of the molecule is CCCn1c(=O)c2sccc2n2c(CCC(=O)N[C@H](C)C34CC5CC(CC(C5)C3)C4)nnc12. The number of nitrogens with zero attached hydrogens (tertiary/aromatic N) is 4. The molecule has 4 saturated carbocycles. The van der Waals surface area contributed by atoms with Crippen LogP contribution in [0.1, 0.15) is 71.0 Å². The van der Waals surface area contributed by atoms with Crippen LogP contribution >= 0.6 is 11.3 Å². The normalized spacial score (nSPS) is 29.2. The van der Waals surface area contributed by atoms with Gasteiger partial charge in [0.2, 0.25) is 11.7 Å². The molecule has 33 heavy (non-hydrogen) atoms. The topological polar surface area (TPSA) is 81.3 Å². The molecule has 0 radical (unpaired) electrons. The Kier molecular flexibility index (Phi) is 5.12. The smallest absolute Gasteiger partial charge is 0.272 e. The molecular weight excluding hydrogens is 434 g/mol. The monoisotopic (exact) mass is 467 g/mol. The summed E-state index contributed by atoms with van der Waals surface area (Å²) in [6, 6.07) is 2.18. The van der Waals surface area contributed by atoms with Gasteiger partial charge in [-0.1, -0.05) is 6.92 Å². The van der Waals surface area contributed by atoms with E-state index in [9.17, 15) is 9.59 Å². The number of hydrogen-bond donors (Lipinski definition) is 1. The summed E-state index contributed by atoms with van der Waals surface area (Å²) in [5.41, 5.74) is 1.15. The van der Waals surface area contributed by atoms with E-state index < -0.39 is 0 Å². The summed E-state index contributed by atoms with van der Waals surface area (Å²) in [6.07, 6.45) is 9.87. The largest absolute Gasteiger partial charge is 0.353 e. The van der Waals surface area contributed by atoms with Crippen molar-refractivity contribution < 1.29 is 4.79 Å². The van der Waals surface area contributed by atoms with Crippen LogP contribution in [0.2, 0.25) is 0 Å². The number of thiophene rings is 1. The number of fused-ring (bicyclic) bond motifs is 3. The van der Waals surface area contributed by atoms with Crippen molar-refractivity contribution >= 4 is 33.2 Å². The van der Waals surface area contributed by atoms with Crippen LogP contribution in [0.4, 0.5) is 0 Å². The Morgan fingerprint density at radius 3 is 2.58 bits per heavy atom. The zero-order chi connectivity index (χ0) is 22.7. The van der Waals surface area contributed by atoms with Gasteiger partial charge in [0.15, 0.2) is 0 Å². The van der Waals surface area contributed by atoms with Crippen LogP contribution < -0.4 is 10.9 Å². The number of hydrogen-bond acceptors (Lipinski definition) is 5. The van der Waals surface area contributed by atoms with Crippen LogP contribution in [-0.2, 0) is 17.8 Å². The fraction of sp³-hybridized carbons (Fsp3) is 0.680. The number of carbonyl (C=O) groups excluding carboxylic acids is 1. The quantitative estimate of drug-likeness (QED) is 0.565. The zero-order valence-electron chi connectivity index (χ0n) is 19.5. The van der Waals surface area contributed by atoms with Crippen molar-refractivity contribution in [2.75, 3.05) is 0 Å². The van der Waals surface area contributed by atoms with E-state index in [1.165, 1.54) is 49.9 Å². The minimum Gasteiger partial charge on any atom is -0.353 e. The van der Waals surface area contributed by atoms with Crippen LogP contribution in [0.3, 0.4) is 0 Å². The van der Waals surface area contributed by atoms with Crippen molar-refractivity contribution in [1.82, 2.24) is 24.5 Å². The second-order valence-corrected chi connectivity index (χ2v) is 11.8. The molecule has 1 atom stereocenters. The number of aromatic nitrogens is 4. The van der Waals surface area contributed by atoms with Gasteiger partial charge in [0.1, 0.15) is 10.5 Å². The molecule has 0 saturated heterocycles. The van der Waals surface area contributed by atoms with Crippen LogP contribution in [-0.4, -0.2) is 31.1 Å². The van der Waals surface area contributed by atoms with Crippen LogP contribution in [0.15, 0.2) is 16.2 Å². The highest BCUT2D eigenvalue weighted by molar-refractivity contribution is 7.17. The highest BCUT2D eigenvalue weighted by Crippen LogP contribution is 2.61. The second kappa shape index (κ2) is 7.93. The maximum absolute atomic E-state index is 13.0. The van der Waals surface area contributed by atoms with Gasteiger partial charge in [0.25, 0.3) is 5.56 Å². The van der Waals surface area contributed by atoms with E-state index in [1.54, 1.807) is 4.57 Å². The summed E-state index contributed by atoms with van der Waals surface area (Å²) < 4.78 is 4.40. The lowest BCUT2D eigenvalue weighted by Gasteiger charge is -2.59. The van der Waals surface area contributed by atoms with Gasteiger partial charge in [-0.3, -0.25) is 18.6 Å². The molecule has 176 valence electrons. The average molecular weight is 468 g/mol. The first kappa shape index (κ1) is 21.3. The van der Waals surface area contributed by atoms with Crippen LogP contribution in [0.5, 0.6) is 0 Å². The van der Waals surface area contributed by atoms with Gasteiger partial charge in [-0.15, -0.1) is 21.5 Å². The van der Waals surface area contributed by atoms with Crippen LogP contribution in [0, 0.1) is 23.2 Å². The van der Waals surface area contributed by atoms with E-state index in [0.29, 0.717) is 30.6 Å². The lowest BCUT2D eigenvalue weighted by atomic mass is 9.48. The maximum Gasteiger partial charge on any atom is 0.272 e. The molecule has 0 aliphatic heterocycles. The van der Waals surface area contributed by atoms with Gasteiger partial charge >= 0.3 is 0 Å². The Morgan fingerprint density at radius 2 is 1.91 bits per heavy atom. The van der Waals surface area contributed by atoms with E-state index >= 15 is 0 Å². The van der Waals surface area contributed by atoms with Gasteiger partial charge in [-0.05, 0) is 86.5 Å². The summed E-state index contributed by atoms with van der Waals surface area (Å²) >= 11 is 1.45. The number of aryl methyl sites for hydroxylation is 2. The molecule has 7 nitrogen and oxygen atoms in total. The van der Waals surface area contributed by atoms with E-state index in [4.69, 9.17) is 0 Å². The van der Waals surface area contributed by atoms with E-state index in [1.807, 2.05) is 22.8 Å². The molecule has 7 rings (SSSR count). The average Bonchev–Trinajstić information content (AvgIpc) is 3.41. The lowest BCUT2D eigenvalue weighted by molar-refractivity contribution is -0.125. The third-order valence-corrected chi connectivity index (χ3v) is 9.58. The summed E-state index contributed by atoms with van der Waals surface area (Å²) in [5.74, 6) is 4.06. The molecule has 0 unspecified atom stereocenters. The molecule has 4 bridgehead atoms. The van der Waals surface area contributed by atoms with Crippen molar-refractivity contribution in [3.63, 3.8) is 0 Å². The summed E-state index contributed by atoms with van der Waals surface area (Å²) in [7, 11) is 0. The Bertz CT molecular complexity index is 1240. The number of amides is 1. The van der Waals surface area contributed by atoms with E-state index in [2.05, 4.69) is 22.4 Å². The third kappa shape index (κ3) is 3.44. The number of nitrogens with one attached hydrogen (secondary N) is 1. The third-order valence-electron chi connectivity index (χ3n) is 8.68. The molecule has 4 aliphatic carbocycles. The Morgan fingerprint density at radius 1 is 1.21 bits per heavy atom. The maximum atomic E-state index is 13.0. The molecular formula is C25H33N5O2S. The highest BCUT2D eigenvalue weighted by atomic mass is 32.1. The predicted octanol–water partition coefficient (Wildman–Crippen LogP) is 4.17. The second-order valence-electron chi connectivity index (χ2n) is 10.9. The Balaban J connectivity index is 1.20. The molecule has 4 fully saturated rings. The molecule has 3 heterocycles. The molecule has 3 aromatic heterocycles. The van der Waals surface area contributed by atoms with Crippen molar-refractivity contribution in [3.05, 3.63) is 27.6 Å². The fourth-order valence-electron chi connectivity index (χ4n) is 7.57. The lowest BCUT2D eigenvalue weighted by Crippen LogP contribution is -2.55. The Hall–Kier alpha value is -2.22. The predicted molar refractivity (Wildman–Crippen MR) is 129 cm³/mol. The first-order valence-electron chi connectivity index (χ1n) is 12.6. The van der Waals surface area contributed by atoms with Crippen molar-refractivity contribution in [2.24, 2.45) is 23.2 Å². The zero-order valence-corrected chi connectivity index (χ0v) is 20.4.